The van der Waals surface area contributed by atoms with Crippen LogP contribution in [0.25, 0.3) is 0 Å². The van der Waals surface area contributed by atoms with Crippen molar-refractivity contribution >= 4 is 0 Å². The van der Waals surface area contributed by atoms with Gasteiger partial charge >= 0.3 is 0 Å². The fourth-order valence-electron chi connectivity index (χ4n) is 1.42. The van der Waals surface area contributed by atoms with E-state index in [1.807, 2.05) is 17.9 Å². The summed E-state index contributed by atoms with van der Waals surface area (Å²) in [6.07, 6.45) is 6.09. The van der Waals surface area contributed by atoms with Gasteiger partial charge in [-0.15, -0.1) is 0 Å². The first-order chi connectivity index (χ1) is 7.79. The van der Waals surface area contributed by atoms with Crippen LogP contribution in [0.1, 0.15) is 19.2 Å². The highest BCUT2D eigenvalue weighted by Gasteiger charge is 2.05. The predicted molar refractivity (Wildman–Crippen MR) is 57.9 cm³/mol. The number of hydrogen-bond donors (Lipinski definition) is 0. The van der Waals surface area contributed by atoms with Gasteiger partial charge in [-0.3, -0.25) is 4.68 Å². The molecule has 86 valence electrons. The average molecular weight is 221 g/mol. The van der Waals surface area contributed by atoms with E-state index in [1.54, 1.807) is 17.2 Å². The third-order valence-electron chi connectivity index (χ3n) is 2.18. The van der Waals surface area contributed by atoms with Crippen LogP contribution in [0.5, 0.6) is 5.75 Å². The molecule has 2 heterocycles. The lowest BCUT2D eigenvalue weighted by molar-refractivity contribution is 0.286. The van der Waals surface area contributed by atoms with Crippen LogP contribution in [0.2, 0.25) is 0 Å². The summed E-state index contributed by atoms with van der Waals surface area (Å²) in [5, 5.41) is 8.15. The molecule has 2 aromatic heterocycles. The summed E-state index contributed by atoms with van der Waals surface area (Å²) in [6.45, 7) is 3.39. The number of rotatable bonds is 5. The van der Waals surface area contributed by atoms with E-state index >= 15 is 0 Å². The minimum Gasteiger partial charge on any atom is -0.482 e. The van der Waals surface area contributed by atoms with Gasteiger partial charge in [0.25, 0.3) is 0 Å². The number of hydrogen-bond acceptors (Lipinski definition) is 4. The van der Waals surface area contributed by atoms with E-state index in [-0.39, 0.29) is 0 Å². The molecule has 0 aliphatic heterocycles. The van der Waals surface area contributed by atoms with Gasteiger partial charge in [-0.1, -0.05) is 6.92 Å². The summed E-state index contributed by atoms with van der Waals surface area (Å²) in [5.74, 6) is 1.58. The molecule has 0 N–H and O–H groups in total. The van der Waals surface area contributed by atoms with Crippen LogP contribution in [-0.2, 0) is 20.2 Å². The molecule has 0 aromatic carbocycles. The van der Waals surface area contributed by atoms with Crippen molar-refractivity contribution in [3.05, 3.63) is 24.5 Å². The molecule has 0 saturated heterocycles. The maximum Gasteiger partial charge on any atom is 0.164 e. The first kappa shape index (κ1) is 10.7. The summed E-state index contributed by atoms with van der Waals surface area (Å²) in [7, 11) is 1.85. The number of nitrogens with zero attached hydrogens (tertiary/aromatic N) is 5. The minimum absolute atomic E-state index is 0.422. The number of aryl methyl sites for hydroxylation is 2. The normalized spacial score (nSPS) is 10.6. The molecule has 0 fully saturated rings. The SMILES string of the molecule is CCCn1ncnc1COc1cnn(C)c1. The van der Waals surface area contributed by atoms with Crippen LogP contribution in [-0.4, -0.2) is 24.5 Å². The summed E-state index contributed by atoms with van der Waals surface area (Å²) >= 11 is 0. The zero-order valence-electron chi connectivity index (χ0n) is 9.50. The predicted octanol–water partition coefficient (Wildman–Crippen LogP) is 1.00. The Morgan fingerprint density at radius 2 is 2.25 bits per heavy atom. The quantitative estimate of drug-likeness (QED) is 0.755. The third-order valence-corrected chi connectivity index (χ3v) is 2.18. The Labute approximate surface area is 93.9 Å². The van der Waals surface area contributed by atoms with Crippen LogP contribution in [0, 0.1) is 0 Å². The lowest BCUT2D eigenvalue weighted by atomic mass is 10.5. The van der Waals surface area contributed by atoms with Gasteiger partial charge in [0.1, 0.15) is 12.9 Å². The second-order valence-corrected chi connectivity index (χ2v) is 3.54. The lowest BCUT2D eigenvalue weighted by Crippen LogP contribution is -2.08. The fourth-order valence-corrected chi connectivity index (χ4v) is 1.42. The van der Waals surface area contributed by atoms with Gasteiger partial charge in [0.2, 0.25) is 0 Å². The molecule has 0 saturated carbocycles. The molecular weight excluding hydrogens is 206 g/mol. The Morgan fingerprint density at radius 1 is 1.38 bits per heavy atom. The van der Waals surface area contributed by atoms with E-state index in [0.717, 1.165) is 24.5 Å². The van der Waals surface area contributed by atoms with Crippen molar-refractivity contribution in [1.29, 1.82) is 0 Å². The smallest absolute Gasteiger partial charge is 0.164 e. The van der Waals surface area contributed by atoms with Crippen LogP contribution in [0.15, 0.2) is 18.7 Å². The van der Waals surface area contributed by atoms with Crippen molar-refractivity contribution in [1.82, 2.24) is 24.5 Å². The molecule has 6 heteroatoms. The fraction of sp³-hybridized carbons (Fsp3) is 0.500. The highest BCUT2D eigenvalue weighted by atomic mass is 16.5. The van der Waals surface area contributed by atoms with E-state index in [4.69, 9.17) is 4.74 Å². The van der Waals surface area contributed by atoms with E-state index < -0.39 is 0 Å². The molecule has 0 unspecified atom stereocenters. The molecule has 0 amide bonds. The van der Waals surface area contributed by atoms with Crippen molar-refractivity contribution in [2.45, 2.75) is 26.5 Å². The third kappa shape index (κ3) is 2.39. The molecular formula is C10H15N5O. The molecule has 0 atom stereocenters. The molecule has 0 aliphatic rings. The molecule has 0 spiro atoms. The van der Waals surface area contributed by atoms with Gasteiger partial charge in [-0.25, -0.2) is 9.67 Å². The van der Waals surface area contributed by atoms with Gasteiger partial charge in [0.05, 0.1) is 12.4 Å². The number of ether oxygens (including phenoxy) is 1. The monoisotopic (exact) mass is 221 g/mol. The van der Waals surface area contributed by atoms with Gasteiger partial charge < -0.3 is 4.74 Å². The molecule has 0 radical (unpaired) electrons. The Morgan fingerprint density at radius 3 is 2.94 bits per heavy atom. The average Bonchev–Trinajstić information content (AvgIpc) is 2.85. The molecule has 6 nitrogen and oxygen atoms in total. The first-order valence-electron chi connectivity index (χ1n) is 5.27. The number of aromatic nitrogens is 5. The highest BCUT2D eigenvalue weighted by molar-refractivity contribution is 5.11. The summed E-state index contributed by atoms with van der Waals surface area (Å²) in [5.41, 5.74) is 0. The van der Waals surface area contributed by atoms with Crippen LogP contribution < -0.4 is 4.74 Å². The standard InChI is InChI=1S/C10H15N5O/c1-3-4-15-10(11-8-13-15)7-16-9-5-12-14(2)6-9/h5-6,8H,3-4,7H2,1-2H3. The Bertz CT molecular complexity index is 448. The largest absolute Gasteiger partial charge is 0.482 e. The van der Waals surface area contributed by atoms with Gasteiger partial charge in [0.15, 0.2) is 11.6 Å². The zero-order chi connectivity index (χ0) is 11.4. The Balaban J connectivity index is 1.96. The van der Waals surface area contributed by atoms with Crippen LogP contribution in [0.4, 0.5) is 0 Å². The van der Waals surface area contributed by atoms with E-state index in [1.165, 1.54) is 0 Å². The lowest BCUT2D eigenvalue weighted by Gasteiger charge is -2.04. The van der Waals surface area contributed by atoms with Gasteiger partial charge in [-0.2, -0.15) is 10.2 Å². The maximum atomic E-state index is 5.55. The topological polar surface area (TPSA) is 57.8 Å². The summed E-state index contributed by atoms with van der Waals surface area (Å²) < 4.78 is 9.11. The molecule has 2 aromatic rings. The van der Waals surface area contributed by atoms with E-state index in [0.29, 0.717) is 6.61 Å². The van der Waals surface area contributed by atoms with Crippen LogP contribution in [0.3, 0.4) is 0 Å². The zero-order valence-corrected chi connectivity index (χ0v) is 9.50. The van der Waals surface area contributed by atoms with E-state index in [9.17, 15) is 0 Å². The van der Waals surface area contributed by atoms with Crippen molar-refractivity contribution in [3.8, 4) is 5.75 Å². The van der Waals surface area contributed by atoms with Gasteiger partial charge in [-0.05, 0) is 6.42 Å². The summed E-state index contributed by atoms with van der Waals surface area (Å²) in [4.78, 5) is 4.16. The molecule has 0 bridgehead atoms. The maximum absolute atomic E-state index is 5.55. The van der Waals surface area contributed by atoms with Gasteiger partial charge in [0, 0.05) is 13.6 Å². The first-order valence-corrected chi connectivity index (χ1v) is 5.27. The molecule has 16 heavy (non-hydrogen) atoms. The van der Waals surface area contributed by atoms with Crippen LogP contribution >= 0.6 is 0 Å². The second kappa shape index (κ2) is 4.78. The molecule has 0 aliphatic carbocycles. The Hall–Kier alpha value is -1.85. The van der Waals surface area contributed by atoms with Crippen molar-refractivity contribution < 1.29 is 4.74 Å². The molecule has 2 rings (SSSR count). The highest BCUT2D eigenvalue weighted by Crippen LogP contribution is 2.09. The van der Waals surface area contributed by atoms with E-state index in [2.05, 4.69) is 22.1 Å². The Kier molecular flexibility index (Phi) is 3.19. The van der Waals surface area contributed by atoms with Crippen molar-refractivity contribution in [2.24, 2.45) is 7.05 Å². The minimum atomic E-state index is 0.422. The summed E-state index contributed by atoms with van der Waals surface area (Å²) in [6, 6.07) is 0. The van der Waals surface area contributed by atoms with Crippen molar-refractivity contribution in [3.63, 3.8) is 0 Å². The van der Waals surface area contributed by atoms with Crippen molar-refractivity contribution in [2.75, 3.05) is 0 Å². The second-order valence-electron chi connectivity index (χ2n) is 3.54.